The molecule has 3 aromatic rings. The summed E-state index contributed by atoms with van der Waals surface area (Å²) >= 11 is 6.20. The van der Waals surface area contributed by atoms with Crippen LogP contribution in [0.4, 0.5) is 0 Å². The van der Waals surface area contributed by atoms with Crippen LogP contribution in [0, 0.1) is 0 Å². The molecule has 0 saturated carbocycles. The van der Waals surface area contributed by atoms with Crippen LogP contribution in [0.2, 0.25) is 5.02 Å². The topological polar surface area (TPSA) is 57.5 Å². The Balaban J connectivity index is 2.10. The number of carbonyl (C=O) groups is 1. The lowest BCUT2D eigenvalue weighted by Crippen LogP contribution is -2.12. The van der Waals surface area contributed by atoms with Crippen molar-refractivity contribution in [3.05, 3.63) is 76.8 Å². The van der Waals surface area contributed by atoms with Gasteiger partial charge in [0.1, 0.15) is 11.9 Å². The summed E-state index contributed by atoms with van der Waals surface area (Å²) in [6, 6.07) is 16.9. The smallest absolute Gasteiger partial charge is 0.195 e. The Bertz CT molecular complexity index is 844. The van der Waals surface area contributed by atoms with Gasteiger partial charge in [-0.05, 0) is 6.07 Å². The predicted octanol–water partition coefficient (Wildman–Crippen LogP) is 4.12. The molecule has 3 nitrogen and oxygen atoms in total. The van der Waals surface area contributed by atoms with Crippen molar-refractivity contribution in [1.82, 2.24) is 0 Å². The van der Waals surface area contributed by atoms with Gasteiger partial charge < -0.3 is 10.2 Å². The fourth-order valence-electron chi connectivity index (χ4n) is 2.45. The van der Waals surface area contributed by atoms with E-state index in [-0.39, 0.29) is 11.3 Å². The average molecular weight is 313 g/mol. The maximum atomic E-state index is 12.3. The Hall–Kier alpha value is -2.36. The van der Waals surface area contributed by atoms with Gasteiger partial charge in [-0.3, -0.25) is 4.79 Å². The summed E-state index contributed by atoms with van der Waals surface area (Å²) in [6.07, 6.45) is -1.47. The number of fused-ring (bicyclic) bond motifs is 1. The number of hydrogen-bond donors (Lipinski definition) is 2. The third-order valence-corrected chi connectivity index (χ3v) is 3.91. The Morgan fingerprint density at radius 2 is 1.55 bits per heavy atom. The van der Waals surface area contributed by atoms with Crippen molar-refractivity contribution in [2.75, 3.05) is 0 Å². The second-order valence-corrected chi connectivity index (χ2v) is 5.38. The molecule has 0 aliphatic heterocycles. The van der Waals surface area contributed by atoms with Crippen LogP contribution < -0.4 is 0 Å². The second-order valence-electron chi connectivity index (χ2n) is 4.97. The lowest BCUT2D eigenvalue weighted by Gasteiger charge is -2.14. The van der Waals surface area contributed by atoms with E-state index in [1.807, 2.05) is 0 Å². The first-order valence-electron chi connectivity index (χ1n) is 6.77. The fraction of sp³-hybridized carbons (Fsp3) is 0.0556. The van der Waals surface area contributed by atoms with Crippen LogP contribution in [-0.4, -0.2) is 16.0 Å². The Morgan fingerprint density at radius 1 is 0.955 bits per heavy atom. The maximum Gasteiger partial charge on any atom is 0.195 e. The molecule has 0 aromatic heterocycles. The molecule has 0 unspecified atom stereocenters. The molecule has 1 atom stereocenters. The Labute approximate surface area is 132 Å². The number of hydrogen-bond acceptors (Lipinski definition) is 3. The standard InChI is InChI=1S/C18H13ClO3/c19-15-10-14(17(21)13-9-5-4-8-12(13)15)18(22)16(20)11-6-2-1-3-7-11/h1-10,18,21-22H/t18-/m1/s1. The largest absolute Gasteiger partial charge is 0.507 e. The SMILES string of the molecule is O=C(c1ccccc1)[C@H](O)c1cc(Cl)c2ccccc2c1O. The second kappa shape index (κ2) is 5.79. The van der Waals surface area contributed by atoms with Crippen molar-refractivity contribution < 1.29 is 15.0 Å². The van der Waals surface area contributed by atoms with E-state index < -0.39 is 11.9 Å². The van der Waals surface area contributed by atoms with Crippen LogP contribution in [0.5, 0.6) is 5.75 Å². The van der Waals surface area contributed by atoms with E-state index in [1.165, 1.54) is 6.07 Å². The molecule has 3 aromatic carbocycles. The van der Waals surface area contributed by atoms with Crippen LogP contribution >= 0.6 is 11.6 Å². The number of ketones is 1. The molecule has 0 fully saturated rings. The van der Waals surface area contributed by atoms with Crippen LogP contribution in [0.15, 0.2) is 60.7 Å². The minimum atomic E-state index is -1.47. The number of benzene rings is 3. The summed E-state index contributed by atoms with van der Waals surface area (Å²) in [4.78, 5) is 12.3. The first kappa shape index (κ1) is 14.6. The lowest BCUT2D eigenvalue weighted by molar-refractivity contribution is 0.0743. The maximum absolute atomic E-state index is 12.3. The molecule has 0 spiro atoms. The Kier molecular flexibility index (Phi) is 3.84. The number of halogens is 1. The van der Waals surface area contributed by atoms with Crippen molar-refractivity contribution in [2.45, 2.75) is 6.10 Å². The summed E-state index contributed by atoms with van der Waals surface area (Å²) in [5.74, 6) is -0.612. The minimum Gasteiger partial charge on any atom is -0.507 e. The highest BCUT2D eigenvalue weighted by atomic mass is 35.5. The molecular formula is C18H13ClO3. The highest BCUT2D eigenvalue weighted by Gasteiger charge is 2.24. The molecule has 22 heavy (non-hydrogen) atoms. The zero-order valence-electron chi connectivity index (χ0n) is 11.5. The number of aliphatic hydroxyl groups excluding tert-OH is 1. The first-order chi connectivity index (χ1) is 10.6. The van der Waals surface area contributed by atoms with Gasteiger partial charge in [-0.15, -0.1) is 0 Å². The summed E-state index contributed by atoms with van der Waals surface area (Å²) in [7, 11) is 0. The van der Waals surface area contributed by atoms with Gasteiger partial charge in [0.05, 0.1) is 0 Å². The van der Waals surface area contributed by atoms with E-state index in [1.54, 1.807) is 54.6 Å². The quantitative estimate of drug-likeness (QED) is 0.715. The molecule has 2 N–H and O–H groups in total. The molecule has 4 heteroatoms. The van der Waals surface area contributed by atoms with Crippen LogP contribution in [0.1, 0.15) is 22.0 Å². The van der Waals surface area contributed by atoms with Crippen molar-refractivity contribution >= 4 is 28.2 Å². The zero-order valence-corrected chi connectivity index (χ0v) is 12.3. The summed E-state index contributed by atoms with van der Waals surface area (Å²) in [6.45, 7) is 0. The third-order valence-electron chi connectivity index (χ3n) is 3.60. The Morgan fingerprint density at radius 3 is 2.23 bits per heavy atom. The van der Waals surface area contributed by atoms with Crippen LogP contribution in [0.3, 0.4) is 0 Å². The summed E-state index contributed by atoms with van der Waals surface area (Å²) in [5.41, 5.74) is 0.483. The minimum absolute atomic E-state index is 0.109. The van der Waals surface area contributed by atoms with E-state index in [9.17, 15) is 15.0 Å². The van der Waals surface area contributed by atoms with Gasteiger partial charge in [0.15, 0.2) is 5.78 Å². The molecule has 0 heterocycles. The first-order valence-corrected chi connectivity index (χ1v) is 7.15. The van der Waals surface area contributed by atoms with Gasteiger partial charge in [0.2, 0.25) is 0 Å². The number of carbonyl (C=O) groups excluding carboxylic acids is 1. The lowest BCUT2D eigenvalue weighted by atomic mass is 9.96. The van der Waals surface area contributed by atoms with Gasteiger partial charge >= 0.3 is 0 Å². The van der Waals surface area contributed by atoms with Crippen molar-refractivity contribution in [3.63, 3.8) is 0 Å². The number of phenolic OH excluding ortho intramolecular Hbond substituents is 1. The molecule has 0 aliphatic rings. The average Bonchev–Trinajstić information content (AvgIpc) is 2.57. The van der Waals surface area contributed by atoms with E-state index in [2.05, 4.69) is 0 Å². The third kappa shape index (κ3) is 2.45. The van der Waals surface area contributed by atoms with E-state index >= 15 is 0 Å². The number of Topliss-reactive ketones (excluding diaryl/α,β-unsaturated/α-hetero) is 1. The summed E-state index contributed by atoms with van der Waals surface area (Å²) < 4.78 is 0. The zero-order chi connectivity index (χ0) is 15.7. The number of rotatable bonds is 3. The molecule has 0 aliphatic carbocycles. The highest BCUT2D eigenvalue weighted by molar-refractivity contribution is 6.36. The highest BCUT2D eigenvalue weighted by Crippen LogP contribution is 2.38. The predicted molar refractivity (Wildman–Crippen MR) is 86.4 cm³/mol. The van der Waals surface area contributed by atoms with Crippen LogP contribution in [0.25, 0.3) is 10.8 Å². The molecule has 0 bridgehead atoms. The fourth-order valence-corrected chi connectivity index (χ4v) is 2.73. The number of aliphatic hydroxyl groups is 1. The van der Waals surface area contributed by atoms with Crippen LogP contribution in [-0.2, 0) is 0 Å². The number of aromatic hydroxyl groups is 1. The molecule has 0 saturated heterocycles. The monoisotopic (exact) mass is 312 g/mol. The van der Waals surface area contributed by atoms with Crippen molar-refractivity contribution in [3.8, 4) is 5.75 Å². The molecule has 0 radical (unpaired) electrons. The number of phenols is 1. The van der Waals surface area contributed by atoms with Gasteiger partial charge in [-0.1, -0.05) is 66.2 Å². The van der Waals surface area contributed by atoms with Gasteiger partial charge in [-0.2, -0.15) is 0 Å². The molecule has 0 amide bonds. The van der Waals surface area contributed by atoms with Crippen molar-refractivity contribution in [2.24, 2.45) is 0 Å². The van der Waals surface area contributed by atoms with Gasteiger partial charge in [0, 0.05) is 26.9 Å². The molecule has 110 valence electrons. The summed E-state index contributed by atoms with van der Waals surface area (Å²) in [5, 5.41) is 22.3. The van der Waals surface area contributed by atoms with E-state index in [0.717, 1.165) is 0 Å². The van der Waals surface area contributed by atoms with Crippen molar-refractivity contribution in [1.29, 1.82) is 0 Å². The van der Waals surface area contributed by atoms with Gasteiger partial charge in [-0.25, -0.2) is 0 Å². The molecule has 3 rings (SSSR count). The van der Waals surface area contributed by atoms with E-state index in [0.29, 0.717) is 21.4 Å². The van der Waals surface area contributed by atoms with Gasteiger partial charge in [0.25, 0.3) is 0 Å². The molecular weight excluding hydrogens is 300 g/mol. The normalized spacial score (nSPS) is 12.3. The van der Waals surface area contributed by atoms with E-state index in [4.69, 9.17) is 11.6 Å².